The van der Waals surface area contributed by atoms with E-state index in [1.165, 1.54) is 60.7 Å². The average molecular weight is 768 g/mol. The maximum atomic E-state index is 5.16. The van der Waals surface area contributed by atoms with Crippen LogP contribution in [0.1, 0.15) is 0 Å². The fraction of sp³-hybridized carbons (Fsp3) is 0. The molecule has 0 N–H and O–H groups in total. The molecule has 0 amide bonds. The van der Waals surface area contributed by atoms with E-state index in [1.54, 1.807) is 0 Å². The van der Waals surface area contributed by atoms with Gasteiger partial charge in [0.05, 0.1) is 0 Å². The Hall–Kier alpha value is -5.43. The SMILES string of the molecule is c1ccc(-c2cc(-c3ccc4c(c3)[I-]c3ccccc3-4)nc(-c3ccc(-c4ccc(-c5ccc6c(c5)sc5ccccc56)cc4)cc3)n2)cc1. The summed E-state index contributed by atoms with van der Waals surface area (Å²) in [4.78, 5) is 10.2. The van der Waals surface area contributed by atoms with Gasteiger partial charge >= 0.3 is 210 Å². The van der Waals surface area contributed by atoms with Crippen LogP contribution in [0.5, 0.6) is 0 Å². The molecule has 0 bridgehead atoms. The molecule has 4 heteroatoms. The molecule has 0 radical (unpaired) electrons. The van der Waals surface area contributed by atoms with Crippen molar-refractivity contribution in [3.8, 4) is 67.3 Å². The van der Waals surface area contributed by atoms with Crippen molar-refractivity contribution in [2.45, 2.75) is 0 Å². The first-order chi connectivity index (χ1) is 24.7. The van der Waals surface area contributed by atoms with Crippen LogP contribution in [0.15, 0.2) is 170 Å². The summed E-state index contributed by atoms with van der Waals surface area (Å²) in [6, 6.07) is 61.3. The minimum atomic E-state index is -0.208. The predicted octanol–water partition coefficient (Wildman–Crippen LogP) is 9.29. The molecule has 2 aromatic heterocycles. The van der Waals surface area contributed by atoms with Gasteiger partial charge in [-0.2, -0.15) is 0 Å². The number of nitrogens with zero attached hydrogens (tertiary/aromatic N) is 2. The molecule has 0 spiro atoms. The van der Waals surface area contributed by atoms with Crippen LogP contribution in [0.3, 0.4) is 0 Å². The summed E-state index contributed by atoms with van der Waals surface area (Å²) in [5.74, 6) is 0.735. The molecule has 0 unspecified atom stereocenters. The number of hydrogen-bond donors (Lipinski definition) is 0. The summed E-state index contributed by atoms with van der Waals surface area (Å²) < 4.78 is 5.62. The number of rotatable bonds is 5. The molecule has 2 nitrogen and oxygen atoms in total. The molecular formula is C46H28IN2S-. The first-order valence-corrected chi connectivity index (χ1v) is 19.7. The molecule has 0 fully saturated rings. The van der Waals surface area contributed by atoms with E-state index in [0.717, 1.165) is 33.9 Å². The Labute approximate surface area is 305 Å². The van der Waals surface area contributed by atoms with Crippen molar-refractivity contribution in [3.63, 3.8) is 0 Å². The van der Waals surface area contributed by atoms with Gasteiger partial charge in [-0.15, -0.1) is 11.3 Å². The van der Waals surface area contributed by atoms with E-state index in [-0.39, 0.29) is 21.2 Å². The van der Waals surface area contributed by atoms with E-state index in [2.05, 4.69) is 164 Å². The molecule has 1 aliphatic rings. The van der Waals surface area contributed by atoms with Crippen molar-refractivity contribution in [1.82, 2.24) is 9.97 Å². The Morgan fingerprint density at radius 1 is 0.360 bits per heavy atom. The normalized spacial score (nSPS) is 12.1. The van der Waals surface area contributed by atoms with E-state index in [4.69, 9.17) is 9.97 Å². The summed E-state index contributed by atoms with van der Waals surface area (Å²) in [5, 5.41) is 2.66. The third kappa shape index (κ3) is 5.23. The molecule has 1 aliphatic heterocycles. The molecule has 10 rings (SSSR count). The zero-order valence-electron chi connectivity index (χ0n) is 26.8. The van der Waals surface area contributed by atoms with Crippen molar-refractivity contribution >= 4 is 31.5 Å². The molecule has 7 aromatic carbocycles. The van der Waals surface area contributed by atoms with Gasteiger partial charge in [-0.25, -0.2) is 0 Å². The molecule has 9 aromatic rings. The summed E-state index contributed by atoms with van der Waals surface area (Å²) in [6.45, 7) is 0. The number of fused-ring (bicyclic) bond motifs is 6. The third-order valence-electron chi connectivity index (χ3n) is 9.50. The average Bonchev–Trinajstić information content (AvgIpc) is 3.76. The quantitative estimate of drug-likeness (QED) is 0.163. The first-order valence-electron chi connectivity index (χ1n) is 16.7. The topological polar surface area (TPSA) is 25.8 Å². The van der Waals surface area contributed by atoms with Gasteiger partial charge in [0.1, 0.15) is 0 Å². The zero-order valence-corrected chi connectivity index (χ0v) is 29.8. The van der Waals surface area contributed by atoms with Crippen molar-refractivity contribution < 1.29 is 21.2 Å². The van der Waals surface area contributed by atoms with Crippen LogP contribution in [0, 0.1) is 7.14 Å². The molecule has 50 heavy (non-hydrogen) atoms. The van der Waals surface area contributed by atoms with E-state index in [9.17, 15) is 0 Å². The van der Waals surface area contributed by atoms with Crippen molar-refractivity contribution in [2.24, 2.45) is 0 Å². The van der Waals surface area contributed by atoms with Gasteiger partial charge < -0.3 is 0 Å². The van der Waals surface area contributed by atoms with Crippen molar-refractivity contribution in [1.29, 1.82) is 0 Å². The fourth-order valence-corrected chi connectivity index (χ4v) is 11.1. The van der Waals surface area contributed by atoms with Gasteiger partial charge in [-0.05, 0) is 23.3 Å². The van der Waals surface area contributed by atoms with Crippen LogP contribution >= 0.6 is 11.3 Å². The van der Waals surface area contributed by atoms with Crippen LogP contribution in [0.4, 0.5) is 0 Å². The zero-order chi connectivity index (χ0) is 33.0. The van der Waals surface area contributed by atoms with Gasteiger partial charge in [0.2, 0.25) is 0 Å². The Balaban J connectivity index is 0.966. The standard InChI is InChI=1S/C46H28IN2S/c1-2-8-32(9-3-1)42-28-43(35-23-24-37-36-10-4-6-12-40(36)47-41(37)26-35)49-46(48-42)33-20-18-30(19-21-33)29-14-16-31(17-15-29)34-22-25-39-38-11-5-7-13-44(38)50-45(39)27-34/h1-28H/q-1. The molecule has 3 heterocycles. The Morgan fingerprint density at radius 2 is 0.940 bits per heavy atom. The molecule has 0 atom stereocenters. The van der Waals surface area contributed by atoms with Crippen LogP contribution < -0.4 is 21.2 Å². The first kappa shape index (κ1) is 29.5. The number of benzene rings is 7. The monoisotopic (exact) mass is 767 g/mol. The Morgan fingerprint density at radius 3 is 1.74 bits per heavy atom. The van der Waals surface area contributed by atoms with Crippen LogP contribution in [0.2, 0.25) is 0 Å². The molecule has 0 saturated carbocycles. The van der Waals surface area contributed by atoms with Crippen LogP contribution in [-0.2, 0) is 0 Å². The summed E-state index contributed by atoms with van der Waals surface area (Å²) in [7, 11) is 0. The second-order valence-electron chi connectivity index (χ2n) is 12.6. The molecule has 236 valence electrons. The predicted molar refractivity (Wildman–Crippen MR) is 205 cm³/mol. The summed E-state index contributed by atoms with van der Waals surface area (Å²) >= 11 is 1.65. The summed E-state index contributed by atoms with van der Waals surface area (Å²) in [6.07, 6.45) is 0. The van der Waals surface area contributed by atoms with Gasteiger partial charge in [-0.3, -0.25) is 0 Å². The molecule has 0 aliphatic carbocycles. The number of hydrogen-bond acceptors (Lipinski definition) is 3. The maximum absolute atomic E-state index is 5.16. The van der Waals surface area contributed by atoms with E-state index in [1.807, 2.05) is 17.4 Å². The molecule has 0 saturated heterocycles. The Bertz CT molecular complexity index is 2710. The van der Waals surface area contributed by atoms with E-state index in [0.29, 0.717) is 0 Å². The summed E-state index contributed by atoms with van der Waals surface area (Å²) in [5.41, 5.74) is 12.7. The Kier molecular flexibility index (Phi) is 7.17. The van der Waals surface area contributed by atoms with Gasteiger partial charge in [0, 0.05) is 20.2 Å². The number of thiophene rings is 1. The number of halogens is 1. The van der Waals surface area contributed by atoms with Crippen LogP contribution in [-0.4, -0.2) is 9.97 Å². The third-order valence-corrected chi connectivity index (χ3v) is 13.6. The van der Waals surface area contributed by atoms with E-state index >= 15 is 0 Å². The second kappa shape index (κ2) is 12.2. The fourth-order valence-electron chi connectivity index (χ4n) is 6.90. The minimum absolute atomic E-state index is 0.208. The van der Waals surface area contributed by atoms with Gasteiger partial charge in [0.15, 0.2) is 0 Å². The van der Waals surface area contributed by atoms with Gasteiger partial charge in [-0.1, -0.05) is 42.5 Å². The van der Waals surface area contributed by atoms with Gasteiger partial charge in [0.25, 0.3) is 0 Å². The number of aromatic nitrogens is 2. The van der Waals surface area contributed by atoms with Crippen LogP contribution in [0.25, 0.3) is 87.5 Å². The van der Waals surface area contributed by atoms with Crippen molar-refractivity contribution in [2.75, 3.05) is 0 Å². The molecular weight excluding hydrogens is 739 g/mol. The van der Waals surface area contributed by atoms with Crippen molar-refractivity contribution in [3.05, 3.63) is 177 Å². The second-order valence-corrected chi connectivity index (χ2v) is 16.5. The van der Waals surface area contributed by atoms with E-state index < -0.39 is 0 Å².